The van der Waals surface area contributed by atoms with Crippen molar-refractivity contribution in [3.05, 3.63) is 201 Å². The van der Waals surface area contributed by atoms with Gasteiger partial charge in [0.1, 0.15) is 5.75 Å². The standard InChI is InChI=1S/C60H52N2O/c1-58(2)47-27-38(34-15-19-36(20-16-34)55-29-40-11-7-8-12-53(40)61-55)23-25-41(47)43-30-51-45(32-49(43)58)46-33-50-44(31-52(46)60(51,5)6)42-26-24-39(28-48(42)59(50,3)4)35-17-21-37(22-18-35)57-62-54-13-9-10-14-56(54)63-57/h8-10,12-28,30-33,55,57,61-62H,7,11,29H2,1-6H3. The van der Waals surface area contributed by atoms with Crippen LogP contribution in [0.25, 0.3) is 55.6 Å². The van der Waals surface area contributed by atoms with Crippen LogP contribution in [-0.2, 0) is 16.2 Å². The maximum Gasteiger partial charge on any atom is 0.196 e. The van der Waals surface area contributed by atoms with Gasteiger partial charge >= 0.3 is 0 Å². The number of para-hydroxylation sites is 2. The summed E-state index contributed by atoms with van der Waals surface area (Å²) >= 11 is 0. The molecule has 3 heteroatoms. The van der Waals surface area contributed by atoms with E-state index in [1.807, 2.05) is 18.2 Å². The molecule has 2 N–H and O–H groups in total. The molecule has 7 aromatic carbocycles. The van der Waals surface area contributed by atoms with Crippen molar-refractivity contribution in [2.45, 2.75) is 89.3 Å². The summed E-state index contributed by atoms with van der Waals surface area (Å²) in [6.07, 6.45) is 7.87. The Balaban J connectivity index is 0.804. The monoisotopic (exact) mass is 816 g/mol. The Kier molecular flexibility index (Phi) is 7.50. The molecule has 6 aliphatic rings. The van der Waals surface area contributed by atoms with E-state index in [1.165, 1.54) is 113 Å². The molecular weight excluding hydrogens is 765 g/mol. The zero-order valence-corrected chi connectivity index (χ0v) is 37.0. The van der Waals surface area contributed by atoms with Crippen LogP contribution in [0.4, 0.5) is 5.69 Å². The predicted octanol–water partition coefficient (Wildman–Crippen LogP) is 15.1. The van der Waals surface area contributed by atoms with Gasteiger partial charge in [0, 0.05) is 27.5 Å². The van der Waals surface area contributed by atoms with Crippen molar-refractivity contribution in [2.75, 3.05) is 5.32 Å². The lowest BCUT2D eigenvalue weighted by Gasteiger charge is -2.25. The van der Waals surface area contributed by atoms with E-state index in [-0.39, 0.29) is 22.5 Å². The fourth-order valence-corrected chi connectivity index (χ4v) is 12.2. The lowest BCUT2D eigenvalue weighted by atomic mass is 9.78. The molecule has 0 radical (unpaired) electrons. The largest absolute Gasteiger partial charge is 0.464 e. The summed E-state index contributed by atoms with van der Waals surface area (Å²) in [6.45, 7) is 14.6. The van der Waals surface area contributed by atoms with Crippen LogP contribution in [0.15, 0.2) is 157 Å². The lowest BCUT2D eigenvalue weighted by Crippen LogP contribution is -2.17. The third-order valence-electron chi connectivity index (χ3n) is 15.9. The number of anilines is 1. The van der Waals surface area contributed by atoms with Gasteiger partial charge in [0.15, 0.2) is 6.23 Å². The first-order valence-corrected chi connectivity index (χ1v) is 23.0. The van der Waals surface area contributed by atoms with Crippen LogP contribution in [0, 0.1) is 0 Å². The van der Waals surface area contributed by atoms with Gasteiger partial charge in [-0.2, -0.15) is 0 Å². The smallest absolute Gasteiger partial charge is 0.196 e. The first kappa shape index (κ1) is 37.0. The van der Waals surface area contributed by atoms with Crippen LogP contribution in [0.5, 0.6) is 5.75 Å². The van der Waals surface area contributed by atoms with E-state index >= 15 is 0 Å². The van der Waals surface area contributed by atoms with Gasteiger partial charge in [-0.25, -0.2) is 0 Å². The second kappa shape index (κ2) is 12.8. The Morgan fingerprint density at radius 2 is 0.952 bits per heavy atom. The second-order valence-electron chi connectivity index (χ2n) is 20.5. The number of benzene rings is 7. The average molecular weight is 817 g/mol. The van der Waals surface area contributed by atoms with Crippen molar-refractivity contribution in [2.24, 2.45) is 0 Å². The van der Waals surface area contributed by atoms with Crippen molar-refractivity contribution in [1.29, 1.82) is 0 Å². The summed E-state index contributed by atoms with van der Waals surface area (Å²) in [5.41, 5.74) is 28.0. The third kappa shape index (κ3) is 5.26. The minimum atomic E-state index is -0.175. The van der Waals surface area contributed by atoms with Crippen LogP contribution in [0.3, 0.4) is 0 Å². The highest BCUT2D eigenvalue weighted by molar-refractivity contribution is 5.94. The molecular formula is C60H52N2O. The molecule has 0 fully saturated rings. The van der Waals surface area contributed by atoms with Crippen LogP contribution >= 0.6 is 0 Å². The summed E-state index contributed by atoms with van der Waals surface area (Å²) in [5, 5.41) is 7.29. The number of rotatable bonds is 4. The second-order valence-corrected chi connectivity index (χ2v) is 20.5. The Labute approximate surface area is 371 Å². The molecule has 0 saturated carbocycles. The summed E-state index contributed by atoms with van der Waals surface area (Å²) < 4.78 is 6.21. The van der Waals surface area contributed by atoms with Gasteiger partial charge in [0.25, 0.3) is 0 Å². The van der Waals surface area contributed by atoms with E-state index in [2.05, 4.69) is 180 Å². The zero-order valence-electron chi connectivity index (χ0n) is 37.0. The Morgan fingerprint density at radius 3 is 1.48 bits per heavy atom. The number of hydrogen-bond donors (Lipinski definition) is 2. The molecule has 0 bridgehead atoms. The summed E-state index contributed by atoms with van der Waals surface area (Å²) in [7, 11) is 0. The van der Waals surface area contributed by atoms with Crippen LogP contribution in [-0.4, -0.2) is 0 Å². The van der Waals surface area contributed by atoms with Crippen molar-refractivity contribution in [3.8, 4) is 61.4 Å². The van der Waals surface area contributed by atoms with Crippen molar-refractivity contribution in [1.82, 2.24) is 5.32 Å². The van der Waals surface area contributed by atoms with E-state index < -0.39 is 0 Å². The molecule has 3 nitrogen and oxygen atoms in total. The van der Waals surface area contributed by atoms with Gasteiger partial charge in [-0.1, -0.05) is 133 Å². The molecule has 0 aromatic heterocycles. The molecule has 0 amide bonds. The number of fused-ring (bicyclic) bond motifs is 10. The maximum absolute atomic E-state index is 6.21. The molecule has 4 aliphatic carbocycles. The number of nitrogens with one attached hydrogen (secondary N) is 2. The quantitative estimate of drug-likeness (QED) is 0.186. The molecule has 2 heterocycles. The highest BCUT2D eigenvalue weighted by Gasteiger charge is 2.45. The Bertz CT molecular complexity index is 3170. The SMILES string of the molecule is CC1(C)c2cc(-c3ccc(C4CC5=C(C=CCC5)N4)cc3)ccc2-c2cc3c(cc21)-c1cc2c(cc1C3(C)C)-c1ccc(-c3ccc(C4Nc5ccccc5O4)cc3)cc1C2(C)C. The van der Waals surface area contributed by atoms with E-state index in [0.717, 1.165) is 23.4 Å². The lowest BCUT2D eigenvalue weighted by molar-refractivity contribution is 0.260. The topological polar surface area (TPSA) is 33.3 Å². The third-order valence-corrected chi connectivity index (χ3v) is 15.9. The fraction of sp³-hybridized carbons (Fsp3) is 0.233. The first-order chi connectivity index (χ1) is 30.4. The predicted molar refractivity (Wildman–Crippen MR) is 259 cm³/mol. The van der Waals surface area contributed by atoms with Crippen molar-refractivity contribution in [3.63, 3.8) is 0 Å². The molecule has 13 rings (SSSR count). The molecule has 0 saturated heterocycles. The molecule has 308 valence electrons. The molecule has 7 aromatic rings. The van der Waals surface area contributed by atoms with Gasteiger partial charge in [0.05, 0.1) is 11.7 Å². The summed E-state index contributed by atoms with van der Waals surface area (Å²) in [4.78, 5) is 0. The minimum absolute atomic E-state index is 0.124. The van der Waals surface area contributed by atoms with Gasteiger partial charge in [-0.3, -0.25) is 0 Å². The molecule has 63 heavy (non-hydrogen) atoms. The minimum Gasteiger partial charge on any atom is -0.464 e. The normalized spacial score (nSPS) is 20.3. The maximum atomic E-state index is 6.21. The molecule has 2 atom stereocenters. The summed E-state index contributed by atoms with van der Waals surface area (Å²) in [5.74, 6) is 0.903. The zero-order chi connectivity index (χ0) is 42.6. The van der Waals surface area contributed by atoms with E-state index in [9.17, 15) is 0 Å². The fourth-order valence-electron chi connectivity index (χ4n) is 12.2. The van der Waals surface area contributed by atoms with Crippen molar-refractivity contribution >= 4 is 5.69 Å². The first-order valence-electron chi connectivity index (χ1n) is 23.0. The van der Waals surface area contributed by atoms with Crippen LogP contribution in [0.1, 0.15) is 118 Å². The van der Waals surface area contributed by atoms with Crippen molar-refractivity contribution < 1.29 is 4.74 Å². The van der Waals surface area contributed by atoms with Gasteiger partial charge < -0.3 is 15.4 Å². The number of hydrogen-bond acceptors (Lipinski definition) is 3. The highest BCUT2D eigenvalue weighted by atomic mass is 16.5. The Hall–Kier alpha value is -6.58. The number of ether oxygens (including phenoxy) is 1. The van der Waals surface area contributed by atoms with E-state index in [0.29, 0.717) is 6.04 Å². The van der Waals surface area contributed by atoms with Gasteiger partial charge in [-0.05, 0) is 174 Å². The molecule has 0 spiro atoms. The summed E-state index contributed by atoms with van der Waals surface area (Å²) in [6, 6.07) is 51.3. The average Bonchev–Trinajstić information content (AvgIpc) is 4.08. The van der Waals surface area contributed by atoms with E-state index in [4.69, 9.17) is 4.74 Å². The molecule has 2 unspecified atom stereocenters. The van der Waals surface area contributed by atoms with Gasteiger partial charge in [-0.15, -0.1) is 0 Å². The molecule has 2 aliphatic heterocycles. The highest BCUT2D eigenvalue weighted by Crippen LogP contribution is 2.60. The van der Waals surface area contributed by atoms with Crippen LogP contribution in [0.2, 0.25) is 0 Å². The van der Waals surface area contributed by atoms with E-state index in [1.54, 1.807) is 5.57 Å². The van der Waals surface area contributed by atoms with Gasteiger partial charge in [0.2, 0.25) is 0 Å². The van der Waals surface area contributed by atoms with Crippen LogP contribution < -0.4 is 15.4 Å². The number of allylic oxidation sites excluding steroid dienone is 2. The Morgan fingerprint density at radius 1 is 0.476 bits per heavy atom.